The van der Waals surface area contributed by atoms with Gasteiger partial charge < -0.3 is 9.64 Å². The van der Waals surface area contributed by atoms with E-state index < -0.39 is 0 Å². The largest absolute Gasteiger partial charge is 0.496 e. The Bertz CT molecular complexity index is 648. The van der Waals surface area contributed by atoms with Gasteiger partial charge >= 0.3 is 0 Å². The molecule has 102 valence electrons. The molecule has 1 aromatic heterocycles. The van der Waals surface area contributed by atoms with Crippen LogP contribution in [0.1, 0.15) is 21.6 Å². The molecule has 0 saturated carbocycles. The molecule has 0 aliphatic carbocycles. The highest BCUT2D eigenvalue weighted by Gasteiger charge is 2.26. The van der Waals surface area contributed by atoms with Crippen molar-refractivity contribution in [1.82, 2.24) is 9.88 Å². The SMILES string of the molecule is COc1ccc(Cl)cc1C(=O)N1Cc2cccnc2C1. The summed E-state index contributed by atoms with van der Waals surface area (Å²) in [6, 6.07) is 8.92. The van der Waals surface area contributed by atoms with Gasteiger partial charge in [0.25, 0.3) is 5.91 Å². The smallest absolute Gasteiger partial charge is 0.258 e. The van der Waals surface area contributed by atoms with Crippen molar-refractivity contribution >= 4 is 17.5 Å². The number of methoxy groups -OCH3 is 1. The van der Waals surface area contributed by atoms with Crippen molar-refractivity contribution in [3.05, 3.63) is 58.4 Å². The van der Waals surface area contributed by atoms with E-state index in [1.54, 1.807) is 36.4 Å². The number of rotatable bonds is 2. The lowest BCUT2D eigenvalue weighted by Crippen LogP contribution is -2.25. The number of benzene rings is 1. The summed E-state index contributed by atoms with van der Waals surface area (Å²) in [6.45, 7) is 1.09. The maximum atomic E-state index is 12.6. The van der Waals surface area contributed by atoms with Crippen LogP contribution < -0.4 is 4.74 Å². The van der Waals surface area contributed by atoms with Crippen molar-refractivity contribution in [2.45, 2.75) is 13.1 Å². The minimum atomic E-state index is -0.0950. The first-order valence-corrected chi connectivity index (χ1v) is 6.62. The van der Waals surface area contributed by atoms with E-state index in [1.807, 2.05) is 12.1 Å². The third-order valence-corrected chi connectivity index (χ3v) is 3.60. The minimum absolute atomic E-state index is 0.0950. The predicted molar refractivity (Wildman–Crippen MR) is 75.8 cm³/mol. The van der Waals surface area contributed by atoms with Gasteiger partial charge in [-0.05, 0) is 29.8 Å². The van der Waals surface area contributed by atoms with Crippen LogP contribution in [0.15, 0.2) is 36.5 Å². The topological polar surface area (TPSA) is 42.4 Å². The fourth-order valence-corrected chi connectivity index (χ4v) is 2.53. The molecule has 0 fully saturated rings. The fraction of sp³-hybridized carbons (Fsp3) is 0.200. The van der Waals surface area contributed by atoms with Gasteiger partial charge in [-0.15, -0.1) is 0 Å². The van der Waals surface area contributed by atoms with E-state index >= 15 is 0 Å². The van der Waals surface area contributed by atoms with Crippen LogP contribution in [0, 0.1) is 0 Å². The average Bonchev–Trinajstić information content (AvgIpc) is 2.90. The summed E-state index contributed by atoms with van der Waals surface area (Å²) < 4.78 is 5.24. The Balaban J connectivity index is 1.90. The predicted octanol–water partition coefficient (Wildman–Crippen LogP) is 2.90. The standard InChI is InChI=1S/C15H13ClN2O2/c1-20-14-5-4-11(16)7-12(14)15(19)18-8-10-3-2-6-17-13(10)9-18/h2-7H,8-9H2,1H3. The average molecular weight is 289 g/mol. The molecule has 3 rings (SSSR count). The molecule has 1 aliphatic heterocycles. The molecule has 0 unspecified atom stereocenters. The van der Waals surface area contributed by atoms with Crippen LogP contribution in [0.5, 0.6) is 5.75 Å². The van der Waals surface area contributed by atoms with Crippen LogP contribution in [0.2, 0.25) is 5.02 Å². The molecule has 0 spiro atoms. The molecular weight excluding hydrogens is 276 g/mol. The molecule has 20 heavy (non-hydrogen) atoms. The Kier molecular flexibility index (Phi) is 3.32. The first-order chi connectivity index (χ1) is 9.69. The second kappa shape index (κ2) is 5.13. The maximum Gasteiger partial charge on any atom is 0.258 e. The molecule has 0 N–H and O–H groups in total. The van der Waals surface area contributed by atoms with Crippen LogP contribution in [-0.2, 0) is 13.1 Å². The van der Waals surface area contributed by atoms with E-state index in [-0.39, 0.29) is 5.91 Å². The second-order valence-electron chi connectivity index (χ2n) is 4.62. The lowest BCUT2D eigenvalue weighted by molar-refractivity contribution is 0.0747. The van der Waals surface area contributed by atoms with Gasteiger partial charge in [-0.3, -0.25) is 9.78 Å². The molecule has 1 aromatic carbocycles. The fourth-order valence-electron chi connectivity index (χ4n) is 2.36. The van der Waals surface area contributed by atoms with E-state index in [1.165, 1.54) is 0 Å². The lowest BCUT2D eigenvalue weighted by Gasteiger charge is -2.17. The summed E-state index contributed by atoms with van der Waals surface area (Å²) in [4.78, 5) is 18.6. The Morgan fingerprint density at radius 2 is 2.20 bits per heavy atom. The first kappa shape index (κ1) is 12.9. The summed E-state index contributed by atoms with van der Waals surface area (Å²) in [7, 11) is 1.54. The van der Waals surface area contributed by atoms with Crippen LogP contribution >= 0.6 is 11.6 Å². The van der Waals surface area contributed by atoms with E-state index in [0.29, 0.717) is 29.4 Å². The molecule has 1 amide bonds. The Morgan fingerprint density at radius 3 is 2.95 bits per heavy atom. The van der Waals surface area contributed by atoms with Gasteiger partial charge in [0.05, 0.1) is 24.9 Å². The third-order valence-electron chi connectivity index (χ3n) is 3.37. The van der Waals surface area contributed by atoms with Crippen molar-refractivity contribution in [2.24, 2.45) is 0 Å². The molecule has 1 aliphatic rings. The molecule has 0 radical (unpaired) electrons. The van der Waals surface area contributed by atoms with Crippen molar-refractivity contribution in [1.29, 1.82) is 0 Å². The number of ether oxygens (including phenoxy) is 1. The normalized spacial score (nSPS) is 13.2. The molecule has 0 bridgehead atoms. The zero-order valence-electron chi connectivity index (χ0n) is 11.0. The van der Waals surface area contributed by atoms with Gasteiger partial charge in [0.15, 0.2) is 0 Å². The van der Waals surface area contributed by atoms with Gasteiger partial charge in [0.1, 0.15) is 5.75 Å². The first-order valence-electron chi connectivity index (χ1n) is 6.24. The van der Waals surface area contributed by atoms with Crippen LogP contribution in [0.4, 0.5) is 0 Å². The Hall–Kier alpha value is -2.07. The minimum Gasteiger partial charge on any atom is -0.496 e. The molecule has 0 atom stereocenters. The number of halogens is 1. The quantitative estimate of drug-likeness (QED) is 0.853. The number of carbonyl (C=O) groups excluding carboxylic acids is 1. The van der Waals surface area contributed by atoms with E-state index in [2.05, 4.69) is 4.98 Å². The van der Waals surface area contributed by atoms with E-state index in [9.17, 15) is 4.79 Å². The van der Waals surface area contributed by atoms with Crippen molar-refractivity contribution < 1.29 is 9.53 Å². The van der Waals surface area contributed by atoms with Gasteiger partial charge in [-0.1, -0.05) is 17.7 Å². The summed E-state index contributed by atoms with van der Waals surface area (Å²) in [5.41, 5.74) is 2.51. The summed E-state index contributed by atoms with van der Waals surface area (Å²) in [5.74, 6) is 0.436. The van der Waals surface area contributed by atoms with Gasteiger partial charge in [0.2, 0.25) is 0 Å². The molecule has 2 aromatic rings. The zero-order valence-corrected chi connectivity index (χ0v) is 11.7. The van der Waals surface area contributed by atoms with Crippen molar-refractivity contribution in [3.8, 4) is 5.75 Å². The van der Waals surface area contributed by atoms with Gasteiger partial charge in [-0.2, -0.15) is 0 Å². The summed E-state index contributed by atoms with van der Waals surface area (Å²) in [5, 5.41) is 0.518. The van der Waals surface area contributed by atoms with Gasteiger partial charge in [-0.25, -0.2) is 0 Å². The number of hydrogen-bond acceptors (Lipinski definition) is 3. The highest BCUT2D eigenvalue weighted by molar-refractivity contribution is 6.31. The number of aromatic nitrogens is 1. The van der Waals surface area contributed by atoms with Gasteiger partial charge in [0, 0.05) is 17.8 Å². The number of pyridine rings is 1. The number of carbonyl (C=O) groups is 1. The molecule has 5 heteroatoms. The van der Waals surface area contributed by atoms with Crippen molar-refractivity contribution in [2.75, 3.05) is 7.11 Å². The van der Waals surface area contributed by atoms with Crippen LogP contribution in [0.25, 0.3) is 0 Å². The summed E-state index contributed by atoms with van der Waals surface area (Å²) in [6.07, 6.45) is 1.74. The van der Waals surface area contributed by atoms with Crippen LogP contribution in [0.3, 0.4) is 0 Å². The highest BCUT2D eigenvalue weighted by Crippen LogP contribution is 2.28. The molecule has 4 nitrogen and oxygen atoms in total. The monoisotopic (exact) mass is 288 g/mol. The van der Waals surface area contributed by atoms with Crippen LogP contribution in [-0.4, -0.2) is 22.9 Å². The Morgan fingerprint density at radius 1 is 1.35 bits per heavy atom. The molecule has 0 saturated heterocycles. The van der Waals surface area contributed by atoms with E-state index in [4.69, 9.17) is 16.3 Å². The number of nitrogens with zero attached hydrogens (tertiary/aromatic N) is 2. The molecule has 2 heterocycles. The highest BCUT2D eigenvalue weighted by atomic mass is 35.5. The second-order valence-corrected chi connectivity index (χ2v) is 5.05. The van der Waals surface area contributed by atoms with Crippen molar-refractivity contribution in [3.63, 3.8) is 0 Å². The number of amides is 1. The third kappa shape index (κ3) is 2.23. The maximum absolute atomic E-state index is 12.6. The lowest BCUT2D eigenvalue weighted by atomic mass is 10.1. The summed E-state index contributed by atoms with van der Waals surface area (Å²) >= 11 is 5.98. The number of hydrogen-bond donors (Lipinski definition) is 0. The van der Waals surface area contributed by atoms with E-state index in [0.717, 1.165) is 11.3 Å². The zero-order chi connectivity index (χ0) is 14.1. The number of fused-ring (bicyclic) bond motifs is 1. The Labute approximate surface area is 122 Å². The molecular formula is C15H13ClN2O2.